The van der Waals surface area contributed by atoms with Gasteiger partial charge in [-0.15, -0.1) is 0 Å². The van der Waals surface area contributed by atoms with Crippen LogP contribution >= 0.6 is 0 Å². The maximum Gasteiger partial charge on any atom is 0.327 e. The summed E-state index contributed by atoms with van der Waals surface area (Å²) in [5.41, 5.74) is 2.69. The molecule has 142 valence electrons. The fraction of sp³-hybridized carbons (Fsp3) is 0.737. The lowest BCUT2D eigenvalue weighted by atomic mass is 9.76. The van der Waals surface area contributed by atoms with Crippen LogP contribution in [0.1, 0.15) is 44.4 Å². The van der Waals surface area contributed by atoms with E-state index in [0.717, 1.165) is 52.0 Å². The molecule has 4 heterocycles. The van der Waals surface area contributed by atoms with Gasteiger partial charge in [-0.05, 0) is 58.5 Å². The molecule has 1 aromatic heterocycles. The third-order valence-electron chi connectivity index (χ3n) is 6.67. The van der Waals surface area contributed by atoms with E-state index in [0.29, 0.717) is 6.54 Å². The first-order chi connectivity index (χ1) is 12.5. The van der Waals surface area contributed by atoms with Crippen molar-refractivity contribution in [3.8, 4) is 0 Å². The summed E-state index contributed by atoms with van der Waals surface area (Å²) in [6.45, 7) is 11.3. The van der Waals surface area contributed by atoms with Crippen LogP contribution in [0.3, 0.4) is 0 Å². The van der Waals surface area contributed by atoms with Crippen molar-refractivity contribution >= 4 is 11.9 Å². The van der Waals surface area contributed by atoms with Gasteiger partial charge >= 0.3 is 6.03 Å². The molecule has 0 aliphatic carbocycles. The molecule has 1 unspecified atom stereocenters. The van der Waals surface area contributed by atoms with E-state index in [1.165, 1.54) is 16.2 Å². The molecule has 0 bridgehead atoms. The number of piperidine rings is 1. The van der Waals surface area contributed by atoms with Gasteiger partial charge in [0.15, 0.2) is 0 Å². The van der Waals surface area contributed by atoms with E-state index in [-0.39, 0.29) is 23.4 Å². The minimum Gasteiger partial charge on any atom is -0.312 e. The Morgan fingerprint density at radius 1 is 1.19 bits per heavy atom. The van der Waals surface area contributed by atoms with Crippen molar-refractivity contribution in [1.82, 2.24) is 24.5 Å². The molecule has 1 spiro atoms. The van der Waals surface area contributed by atoms with Gasteiger partial charge in [-0.3, -0.25) is 19.3 Å². The minimum absolute atomic E-state index is 0.0133. The number of imide groups is 1. The van der Waals surface area contributed by atoms with Crippen molar-refractivity contribution in [3.05, 3.63) is 17.5 Å². The SMILES string of the molecule is CCN1C(=O)C2CC3(CCN(Cc4cnn(CC)c4C)CC3)CN2C1=O. The lowest BCUT2D eigenvalue weighted by Crippen LogP contribution is -2.43. The Morgan fingerprint density at radius 2 is 1.92 bits per heavy atom. The van der Waals surface area contributed by atoms with Crippen LogP contribution in [-0.2, 0) is 17.9 Å². The van der Waals surface area contributed by atoms with Gasteiger partial charge in [0, 0.05) is 37.4 Å². The number of hydrogen-bond acceptors (Lipinski definition) is 4. The Labute approximate surface area is 154 Å². The van der Waals surface area contributed by atoms with E-state index in [9.17, 15) is 9.59 Å². The molecule has 0 aromatic carbocycles. The third kappa shape index (κ3) is 2.64. The molecule has 7 heteroatoms. The van der Waals surface area contributed by atoms with E-state index in [4.69, 9.17) is 0 Å². The fourth-order valence-electron chi connectivity index (χ4n) is 4.95. The molecule has 7 nitrogen and oxygen atoms in total. The molecule has 3 fully saturated rings. The monoisotopic (exact) mass is 359 g/mol. The number of urea groups is 1. The van der Waals surface area contributed by atoms with Crippen molar-refractivity contribution < 1.29 is 9.59 Å². The Kier molecular flexibility index (Phi) is 4.29. The van der Waals surface area contributed by atoms with Crippen molar-refractivity contribution in [2.45, 2.75) is 59.2 Å². The van der Waals surface area contributed by atoms with Gasteiger partial charge in [0.25, 0.3) is 5.91 Å². The predicted octanol–water partition coefficient (Wildman–Crippen LogP) is 1.85. The van der Waals surface area contributed by atoms with Crippen LogP contribution < -0.4 is 0 Å². The zero-order valence-corrected chi connectivity index (χ0v) is 16.1. The summed E-state index contributed by atoms with van der Waals surface area (Å²) in [6, 6.07) is -0.288. The smallest absolute Gasteiger partial charge is 0.312 e. The summed E-state index contributed by atoms with van der Waals surface area (Å²) in [4.78, 5) is 30.6. The molecule has 3 saturated heterocycles. The lowest BCUT2D eigenvalue weighted by molar-refractivity contribution is -0.128. The number of rotatable bonds is 4. The van der Waals surface area contributed by atoms with Crippen LogP contribution in [0.25, 0.3) is 0 Å². The van der Waals surface area contributed by atoms with Gasteiger partial charge in [-0.2, -0.15) is 5.10 Å². The Hall–Kier alpha value is -1.89. The molecule has 0 radical (unpaired) electrons. The molecular weight excluding hydrogens is 330 g/mol. The second-order valence-corrected chi connectivity index (χ2v) is 8.06. The standard InChI is InChI=1S/C19H29N5O2/c1-4-22-17(25)16-10-19(13-23(16)18(22)26)6-8-21(9-7-19)12-15-11-20-24(5-2)14(15)3/h11,16H,4-10,12-13H2,1-3H3. The topological polar surface area (TPSA) is 61.7 Å². The maximum absolute atomic E-state index is 12.5. The number of aromatic nitrogens is 2. The van der Waals surface area contributed by atoms with Crippen molar-refractivity contribution in [2.24, 2.45) is 5.41 Å². The molecule has 3 aliphatic heterocycles. The number of fused-ring (bicyclic) bond motifs is 1. The second-order valence-electron chi connectivity index (χ2n) is 8.06. The summed E-state index contributed by atoms with van der Waals surface area (Å²) >= 11 is 0. The van der Waals surface area contributed by atoms with E-state index in [1.807, 2.05) is 22.7 Å². The first-order valence-corrected chi connectivity index (χ1v) is 9.83. The quantitative estimate of drug-likeness (QED) is 0.770. The number of likely N-dealkylation sites (tertiary alicyclic amines) is 1. The molecular formula is C19H29N5O2. The highest BCUT2D eigenvalue weighted by Gasteiger charge is 2.55. The first kappa shape index (κ1) is 17.5. The zero-order chi connectivity index (χ0) is 18.5. The van der Waals surface area contributed by atoms with Crippen LogP contribution in [0, 0.1) is 12.3 Å². The molecule has 3 aliphatic rings. The summed E-state index contributed by atoms with van der Waals surface area (Å²) in [6.07, 6.45) is 4.96. The highest BCUT2D eigenvalue weighted by atomic mass is 16.2. The van der Waals surface area contributed by atoms with E-state index >= 15 is 0 Å². The van der Waals surface area contributed by atoms with Crippen molar-refractivity contribution in [2.75, 3.05) is 26.2 Å². The highest BCUT2D eigenvalue weighted by molar-refractivity contribution is 6.04. The largest absolute Gasteiger partial charge is 0.327 e. The minimum atomic E-state index is -0.209. The Morgan fingerprint density at radius 3 is 2.50 bits per heavy atom. The summed E-state index contributed by atoms with van der Waals surface area (Å²) in [7, 11) is 0. The Bertz CT molecular complexity index is 694. The van der Waals surface area contributed by atoms with E-state index in [1.54, 1.807) is 0 Å². The lowest BCUT2D eigenvalue weighted by Gasteiger charge is -2.39. The van der Waals surface area contributed by atoms with Crippen LogP contribution in [0.5, 0.6) is 0 Å². The van der Waals surface area contributed by atoms with Gasteiger partial charge in [0.05, 0.1) is 6.20 Å². The molecule has 26 heavy (non-hydrogen) atoms. The van der Waals surface area contributed by atoms with Gasteiger partial charge in [-0.1, -0.05) is 0 Å². The summed E-state index contributed by atoms with van der Waals surface area (Å²) in [5, 5.41) is 4.44. The normalized spacial score (nSPS) is 25.6. The van der Waals surface area contributed by atoms with Gasteiger partial charge in [-0.25, -0.2) is 4.79 Å². The highest BCUT2D eigenvalue weighted by Crippen LogP contribution is 2.46. The van der Waals surface area contributed by atoms with Crippen LogP contribution in [-0.4, -0.2) is 68.6 Å². The van der Waals surface area contributed by atoms with Gasteiger partial charge < -0.3 is 4.90 Å². The van der Waals surface area contributed by atoms with Crippen LogP contribution in [0.2, 0.25) is 0 Å². The second kappa shape index (κ2) is 6.37. The molecule has 3 amide bonds. The van der Waals surface area contributed by atoms with Gasteiger partial charge in [0.2, 0.25) is 0 Å². The molecule has 1 atom stereocenters. The number of carbonyl (C=O) groups is 2. The zero-order valence-electron chi connectivity index (χ0n) is 16.1. The number of aryl methyl sites for hydroxylation is 1. The number of nitrogens with zero attached hydrogens (tertiary/aromatic N) is 5. The molecule has 0 N–H and O–H groups in total. The van der Waals surface area contributed by atoms with Crippen LogP contribution in [0.15, 0.2) is 6.20 Å². The number of carbonyl (C=O) groups excluding carboxylic acids is 2. The van der Waals surface area contributed by atoms with Crippen molar-refractivity contribution in [3.63, 3.8) is 0 Å². The first-order valence-electron chi connectivity index (χ1n) is 9.83. The predicted molar refractivity (Wildman–Crippen MR) is 97.5 cm³/mol. The average Bonchev–Trinajstić information content (AvgIpc) is 3.24. The maximum atomic E-state index is 12.5. The third-order valence-corrected chi connectivity index (χ3v) is 6.67. The van der Waals surface area contributed by atoms with Crippen LogP contribution in [0.4, 0.5) is 4.79 Å². The number of amides is 3. The molecule has 0 saturated carbocycles. The van der Waals surface area contributed by atoms with Gasteiger partial charge in [0.1, 0.15) is 6.04 Å². The fourth-order valence-corrected chi connectivity index (χ4v) is 4.95. The van der Waals surface area contributed by atoms with E-state index < -0.39 is 0 Å². The average molecular weight is 359 g/mol. The summed E-state index contributed by atoms with van der Waals surface area (Å²) < 4.78 is 2.04. The molecule has 1 aromatic rings. The Balaban J connectivity index is 1.38. The van der Waals surface area contributed by atoms with E-state index in [2.05, 4.69) is 23.8 Å². The van der Waals surface area contributed by atoms with Crippen molar-refractivity contribution in [1.29, 1.82) is 0 Å². The number of likely N-dealkylation sites (N-methyl/N-ethyl adjacent to an activating group) is 1. The number of hydrogen-bond donors (Lipinski definition) is 0. The molecule has 4 rings (SSSR count). The summed E-state index contributed by atoms with van der Waals surface area (Å²) in [5.74, 6) is 0.0133.